The molecule has 17 nitrogen and oxygen atoms in total. The lowest BCUT2D eigenvalue weighted by Crippen LogP contribution is -2.59. The molecule has 4 aliphatic heterocycles. The summed E-state index contributed by atoms with van der Waals surface area (Å²) in [6, 6.07) is 10.0. The van der Waals surface area contributed by atoms with Crippen molar-refractivity contribution in [3.8, 4) is 52.4 Å². The number of rotatable bonds is 25. The van der Waals surface area contributed by atoms with E-state index in [0.29, 0.717) is 54.1 Å². The zero-order valence-electron chi connectivity index (χ0n) is 51.5. The fraction of sp³-hybridized carbons (Fsp3) is 0.544. The molecule has 474 valence electrons. The molecule has 5 aliphatic rings. The minimum atomic E-state index is -1.97. The van der Waals surface area contributed by atoms with Crippen molar-refractivity contribution in [1.29, 1.82) is 0 Å². The Kier molecular flexibility index (Phi) is 19.6. The second kappa shape index (κ2) is 27.5. The maximum atomic E-state index is 17.1. The molecule has 0 spiro atoms. The molecule has 0 radical (unpaired) electrons. The standard InChI is InChI=1S/C68H83F3N10O7S/c1-6-50-53(69)22-19-42-31-47(82)33-51(56(42)50)59-57(70)60-52(36-72-59)62(80-37-45-20-21-46(38-80)75-45)78-66(76-60)88-49-23-28-79(29-24-49)27-15-13-11-9-7-8-10-12-14-16-30-87-55-32-43(58-41(2)89-40-74-58)17-18-44(55)35-73-63(84)54-34-48(83)39-81(54)64(85)61(67(3,4)5)77-65(86)68(71)25-26-68/h1,17-19,22,31-33,36,40,45-46,48-49,54,61,75,82-83H,7-16,20-21,23-30,34-35,37-39H2,2-5H3,(H,73,84)(H,77,86)/t45?,46?,48-,54?,61?/m1/s1. The fourth-order valence-electron chi connectivity index (χ4n) is 13.2. The molecule has 4 unspecified atom stereocenters. The molecule has 5 fully saturated rings. The van der Waals surface area contributed by atoms with Gasteiger partial charge in [-0.3, -0.25) is 19.4 Å². The van der Waals surface area contributed by atoms with Crippen LogP contribution in [-0.2, 0) is 20.9 Å². The topological polar surface area (TPSA) is 208 Å². The summed E-state index contributed by atoms with van der Waals surface area (Å²) in [4.78, 5) is 66.4. The second-order valence-corrected chi connectivity index (χ2v) is 27.2. The zero-order valence-corrected chi connectivity index (χ0v) is 52.3. The molecule has 5 N–H and O–H groups in total. The number of nitrogens with one attached hydrogen (secondary N) is 3. The quantitative estimate of drug-likeness (QED) is 0.0267. The Balaban J connectivity index is 0.607. The van der Waals surface area contributed by atoms with E-state index < -0.39 is 58.6 Å². The number of aromatic nitrogens is 4. The second-order valence-electron chi connectivity index (χ2n) is 26.2. The summed E-state index contributed by atoms with van der Waals surface area (Å²) in [5.41, 5.74) is 1.65. The Morgan fingerprint density at radius 1 is 0.899 bits per heavy atom. The van der Waals surface area contributed by atoms with Crippen LogP contribution in [0.4, 0.5) is 19.0 Å². The predicted molar refractivity (Wildman–Crippen MR) is 338 cm³/mol. The van der Waals surface area contributed by atoms with Crippen LogP contribution in [0.3, 0.4) is 0 Å². The Hall–Kier alpha value is -7.12. The number of hydrogen-bond acceptors (Lipinski definition) is 15. The first-order valence-corrected chi connectivity index (χ1v) is 32.8. The number of piperidine rings is 1. The summed E-state index contributed by atoms with van der Waals surface area (Å²) in [6.07, 6.45) is 21.4. The number of likely N-dealkylation sites (tertiary alicyclic amines) is 2. The minimum absolute atomic E-state index is 0.0355. The SMILES string of the molecule is C#Cc1c(F)ccc2cc(O)cc(-c3ncc4c(N5CC6CCC(C5)N6)nc(OC5CCN(CCCCCCCCCCCCOc6cc(-c7ncsc7C)ccc6CNC(=O)C6C[C@@H](O)CN6C(=O)C(NC(=O)C6(F)CC6)C(C)(C)C)CC5)nc4c3F)c12. The highest BCUT2D eigenvalue weighted by Crippen LogP contribution is 2.42. The predicted octanol–water partition coefficient (Wildman–Crippen LogP) is 10.6. The van der Waals surface area contributed by atoms with Gasteiger partial charge in [0.2, 0.25) is 11.8 Å². The number of phenolic OH excluding ortho intramolecular Hbond substituents is 1. The van der Waals surface area contributed by atoms with E-state index in [2.05, 4.69) is 41.6 Å². The number of unbranched alkanes of at least 4 members (excludes halogenated alkanes) is 9. The molecule has 7 heterocycles. The molecule has 11 rings (SSSR count). The monoisotopic (exact) mass is 1240 g/mol. The molecule has 1 aliphatic carbocycles. The average Bonchev–Trinajstić information content (AvgIpc) is 1.47. The number of piperazine rings is 1. The molecule has 1 saturated carbocycles. The van der Waals surface area contributed by atoms with Gasteiger partial charge in [0.15, 0.2) is 11.5 Å². The van der Waals surface area contributed by atoms with Crippen LogP contribution in [0.1, 0.15) is 146 Å². The van der Waals surface area contributed by atoms with E-state index in [9.17, 15) is 29.0 Å². The number of anilines is 1. The van der Waals surface area contributed by atoms with Crippen molar-refractivity contribution < 1.29 is 47.2 Å². The highest BCUT2D eigenvalue weighted by Gasteiger charge is 2.53. The minimum Gasteiger partial charge on any atom is -0.508 e. The lowest BCUT2D eigenvalue weighted by Gasteiger charge is -2.35. The molecular formula is C68H83F3N10O7S. The number of nitrogens with zero attached hydrogens (tertiary/aromatic N) is 7. The van der Waals surface area contributed by atoms with Crippen LogP contribution >= 0.6 is 11.3 Å². The first-order valence-electron chi connectivity index (χ1n) is 31.9. The number of aliphatic hydroxyl groups excluding tert-OH is 1. The average molecular weight is 1240 g/mol. The van der Waals surface area contributed by atoms with Gasteiger partial charge in [-0.1, -0.05) is 96.3 Å². The van der Waals surface area contributed by atoms with Crippen LogP contribution in [-0.4, -0.2) is 146 Å². The van der Waals surface area contributed by atoms with Gasteiger partial charge >= 0.3 is 6.01 Å². The number of amides is 3. The first-order chi connectivity index (χ1) is 42.8. The Morgan fingerprint density at radius 3 is 2.28 bits per heavy atom. The molecule has 2 bridgehead atoms. The summed E-state index contributed by atoms with van der Waals surface area (Å²) in [5, 5.41) is 31.8. The number of carbonyl (C=O) groups excluding carboxylic acids is 3. The maximum absolute atomic E-state index is 17.1. The first kappa shape index (κ1) is 63.4. The molecular weight excluding hydrogens is 1160 g/mol. The smallest absolute Gasteiger partial charge is 0.319 e. The number of fused-ring (bicyclic) bond motifs is 4. The highest BCUT2D eigenvalue weighted by molar-refractivity contribution is 7.10. The number of benzene rings is 3. The molecule has 3 aromatic heterocycles. The van der Waals surface area contributed by atoms with E-state index in [0.717, 1.165) is 99.1 Å². The van der Waals surface area contributed by atoms with Crippen molar-refractivity contribution in [1.82, 2.24) is 45.7 Å². The van der Waals surface area contributed by atoms with E-state index in [-0.39, 0.29) is 77.9 Å². The summed E-state index contributed by atoms with van der Waals surface area (Å²) in [7, 11) is 0. The highest BCUT2D eigenvalue weighted by atomic mass is 32.1. The van der Waals surface area contributed by atoms with Crippen LogP contribution in [0.2, 0.25) is 0 Å². The van der Waals surface area contributed by atoms with Crippen LogP contribution in [0.15, 0.2) is 54.2 Å². The zero-order chi connectivity index (χ0) is 62.6. The Morgan fingerprint density at radius 2 is 1.61 bits per heavy atom. The van der Waals surface area contributed by atoms with Gasteiger partial charge in [-0.15, -0.1) is 17.8 Å². The van der Waals surface area contributed by atoms with Gasteiger partial charge in [0.05, 0.1) is 34.9 Å². The number of carbonyl (C=O) groups is 3. The van der Waals surface area contributed by atoms with Crippen molar-refractivity contribution >= 4 is 56.6 Å². The third-order valence-corrected chi connectivity index (χ3v) is 19.2. The molecule has 3 amide bonds. The molecule has 4 saturated heterocycles. The fourth-order valence-corrected chi connectivity index (χ4v) is 13.8. The van der Waals surface area contributed by atoms with Crippen molar-refractivity contribution in [2.75, 3.05) is 50.8 Å². The summed E-state index contributed by atoms with van der Waals surface area (Å²) in [6.45, 7) is 12.1. The summed E-state index contributed by atoms with van der Waals surface area (Å²) in [5.74, 6) is 0.320. The lowest BCUT2D eigenvalue weighted by molar-refractivity contribution is -0.145. The number of hydrogen-bond donors (Lipinski definition) is 5. The van der Waals surface area contributed by atoms with Gasteiger partial charge in [0.25, 0.3) is 5.91 Å². The largest absolute Gasteiger partial charge is 0.508 e. The summed E-state index contributed by atoms with van der Waals surface area (Å²) < 4.78 is 59.8. The molecule has 89 heavy (non-hydrogen) atoms. The maximum Gasteiger partial charge on any atom is 0.319 e. The number of aryl methyl sites for hydroxylation is 1. The third-order valence-electron chi connectivity index (χ3n) is 18.4. The molecule has 6 aromatic rings. The molecule has 21 heteroatoms. The van der Waals surface area contributed by atoms with Gasteiger partial charge in [-0.2, -0.15) is 9.97 Å². The number of halogens is 3. The van der Waals surface area contributed by atoms with Gasteiger partial charge in [0, 0.05) is 90.9 Å². The number of β-amino-alcohol motifs (C(OH)–C–C–N with tert-alkyl or cyclic N) is 1. The number of aliphatic hydroxyl groups is 1. The van der Waals surface area contributed by atoms with Gasteiger partial charge < -0.3 is 50.3 Å². The summed E-state index contributed by atoms with van der Waals surface area (Å²) >= 11 is 1.57. The number of aromatic hydroxyl groups is 1. The van der Waals surface area contributed by atoms with Gasteiger partial charge in [-0.25, -0.2) is 18.2 Å². The Labute approximate surface area is 523 Å². The number of thiazole rings is 1. The van der Waals surface area contributed by atoms with E-state index in [4.69, 9.17) is 25.9 Å². The van der Waals surface area contributed by atoms with Crippen molar-refractivity contribution in [3.63, 3.8) is 0 Å². The number of terminal acetylenes is 1. The number of phenols is 1. The van der Waals surface area contributed by atoms with Crippen molar-refractivity contribution in [2.24, 2.45) is 5.41 Å². The van der Waals surface area contributed by atoms with E-state index in [1.54, 1.807) is 38.3 Å². The molecule has 5 atom stereocenters. The van der Waals surface area contributed by atoms with Crippen LogP contribution in [0.5, 0.6) is 17.5 Å². The van der Waals surface area contributed by atoms with E-state index >= 15 is 8.78 Å². The van der Waals surface area contributed by atoms with E-state index in [1.807, 2.05) is 30.6 Å². The van der Waals surface area contributed by atoms with E-state index in [1.165, 1.54) is 61.3 Å². The third kappa shape index (κ3) is 14.7. The number of pyridine rings is 1. The van der Waals surface area contributed by atoms with Crippen molar-refractivity contribution in [3.05, 3.63) is 81.8 Å². The number of alkyl halides is 1. The van der Waals surface area contributed by atoms with Crippen LogP contribution in [0.25, 0.3) is 44.2 Å². The lowest BCUT2D eigenvalue weighted by atomic mass is 9.85. The Bertz CT molecular complexity index is 3590. The van der Waals surface area contributed by atoms with Crippen LogP contribution < -0.4 is 30.3 Å². The normalized spacial score (nSPS) is 20.4. The number of ether oxygens (including phenoxy) is 2. The molecule has 3 aromatic carbocycles. The van der Waals surface area contributed by atoms with Crippen LogP contribution in [0, 0.1) is 36.3 Å². The van der Waals surface area contributed by atoms with Crippen molar-refractivity contribution in [2.45, 2.75) is 185 Å². The van der Waals surface area contributed by atoms with Gasteiger partial charge in [-0.05, 0) is 99.9 Å². The van der Waals surface area contributed by atoms with Gasteiger partial charge in [0.1, 0.15) is 52.5 Å².